The molecule has 29 heavy (non-hydrogen) atoms. The lowest BCUT2D eigenvalue weighted by Gasteiger charge is -2.23. The molecule has 0 aliphatic heterocycles. The Balaban J connectivity index is 2.36. The summed E-state index contributed by atoms with van der Waals surface area (Å²) in [5.41, 5.74) is 2.64. The molecule has 0 bridgehead atoms. The Morgan fingerprint density at radius 2 is 1.86 bits per heavy atom. The Kier molecular flexibility index (Phi) is 8.33. The topological polar surface area (TPSA) is 85.8 Å². The van der Waals surface area contributed by atoms with Crippen molar-refractivity contribution in [1.82, 2.24) is 9.29 Å². The van der Waals surface area contributed by atoms with Crippen LogP contribution in [0.2, 0.25) is 0 Å². The van der Waals surface area contributed by atoms with Crippen molar-refractivity contribution in [1.29, 1.82) is 0 Å². The smallest absolute Gasteiger partial charge is 0.357 e. The number of carbonyl (C=O) groups excluding carboxylic acids is 1. The van der Waals surface area contributed by atoms with Crippen molar-refractivity contribution in [2.24, 2.45) is 0 Å². The first-order chi connectivity index (χ1) is 13.7. The fraction of sp³-hybridized carbons (Fsp3) is 0.500. The molecular formula is C20H28N2O5S2. The van der Waals surface area contributed by atoms with Crippen LogP contribution in [0.1, 0.15) is 45.5 Å². The zero-order chi connectivity index (χ0) is 21.6. The van der Waals surface area contributed by atoms with E-state index in [9.17, 15) is 13.2 Å². The highest BCUT2D eigenvalue weighted by Crippen LogP contribution is 2.27. The number of nitrogens with zero attached hydrogens (tertiary/aromatic N) is 2. The minimum absolute atomic E-state index is 0.0862. The number of aryl methyl sites for hydroxylation is 3. The van der Waals surface area contributed by atoms with Gasteiger partial charge in [0, 0.05) is 25.6 Å². The van der Waals surface area contributed by atoms with E-state index in [1.165, 1.54) is 15.6 Å². The number of benzene rings is 1. The first-order valence-electron chi connectivity index (χ1n) is 9.39. The van der Waals surface area contributed by atoms with Gasteiger partial charge in [-0.1, -0.05) is 17.7 Å². The molecule has 160 valence electrons. The standard InChI is InChI=1S/C20H28N2O5S2/c1-6-27-20(23)17-13-28-18(21-17)12-22(8-7-9-26-5)29(24,25)19-15(3)10-14(2)11-16(19)4/h10-11,13H,6-9,12H2,1-5H3. The van der Waals surface area contributed by atoms with E-state index < -0.39 is 16.0 Å². The lowest BCUT2D eigenvalue weighted by Crippen LogP contribution is -2.33. The van der Waals surface area contributed by atoms with Gasteiger partial charge >= 0.3 is 5.97 Å². The zero-order valence-corrected chi connectivity index (χ0v) is 19.2. The summed E-state index contributed by atoms with van der Waals surface area (Å²) in [7, 11) is -2.17. The van der Waals surface area contributed by atoms with Gasteiger partial charge in [0.25, 0.3) is 0 Å². The van der Waals surface area contributed by atoms with Gasteiger partial charge in [0.2, 0.25) is 10.0 Å². The Bertz CT molecular complexity index is 931. The van der Waals surface area contributed by atoms with E-state index in [0.717, 1.165) is 5.56 Å². The first-order valence-corrected chi connectivity index (χ1v) is 11.7. The van der Waals surface area contributed by atoms with Crippen molar-refractivity contribution in [3.63, 3.8) is 0 Å². The number of carbonyl (C=O) groups is 1. The quantitative estimate of drug-likeness (QED) is 0.415. The molecule has 7 nitrogen and oxygen atoms in total. The van der Waals surface area contributed by atoms with Crippen LogP contribution >= 0.6 is 11.3 Å². The maximum absolute atomic E-state index is 13.5. The van der Waals surface area contributed by atoms with E-state index in [2.05, 4.69) is 4.98 Å². The van der Waals surface area contributed by atoms with Gasteiger partial charge in [-0.05, 0) is 45.2 Å². The minimum atomic E-state index is -3.75. The average molecular weight is 441 g/mol. The van der Waals surface area contributed by atoms with Crippen LogP contribution in [0.5, 0.6) is 0 Å². The summed E-state index contributed by atoms with van der Waals surface area (Å²) in [5, 5.41) is 2.13. The van der Waals surface area contributed by atoms with Crippen molar-refractivity contribution in [2.75, 3.05) is 26.9 Å². The summed E-state index contributed by atoms with van der Waals surface area (Å²) in [5.74, 6) is -0.506. The largest absolute Gasteiger partial charge is 0.461 e. The summed E-state index contributed by atoms with van der Waals surface area (Å²) in [6.07, 6.45) is 0.551. The molecule has 0 radical (unpaired) electrons. The van der Waals surface area contributed by atoms with Gasteiger partial charge in [0.05, 0.1) is 18.0 Å². The number of thiazole rings is 1. The molecule has 1 aromatic heterocycles. The molecule has 9 heteroatoms. The van der Waals surface area contributed by atoms with Gasteiger partial charge in [-0.25, -0.2) is 18.2 Å². The Labute approximate surface area is 176 Å². The molecule has 1 heterocycles. The van der Waals surface area contributed by atoms with Crippen molar-refractivity contribution in [3.8, 4) is 0 Å². The van der Waals surface area contributed by atoms with Crippen LogP contribution in [-0.2, 0) is 26.0 Å². The van der Waals surface area contributed by atoms with E-state index in [0.29, 0.717) is 34.1 Å². The highest BCUT2D eigenvalue weighted by atomic mass is 32.2. The SMILES string of the molecule is CCOC(=O)c1csc(CN(CCCOC)S(=O)(=O)c2c(C)cc(C)cc2C)n1. The summed E-state index contributed by atoms with van der Waals surface area (Å²) in [6, 6.07) is 3.74. The van der Waals surface area contributed by atoms with Crippen LogP contribution in [0.15, 0.2) is 22.4 Å². The molecule has 0 aliphatic rings. The number of hydrogen-bond donors (Lipinski definition) is 0. The van der Waals surface area contributed by atoms with Gasteiger partial charge in [-0.3, -0.25) is 0 Å². The summed E-state index contributed by atoms with van der Waals surface area (Å²) in [6.45, 7) is 8.37. The van der Waals surface area contributed by atoms with E-state index in [1.54, 1.807) is 19.4 Å². The molecular weight excluding hydrogens is 412 g/mol. The molecule has 0 aliphatic carbocycles. The molecule has 0 fully saturated rings. The molecule has 0 atom stereocenters. The van der Waals surface area contributed by atoms with E-state index in [-0.39, 0.29) is 25.4 Å². The molecule has 2 aromatic rings. The molecule has 0 unspecified atom stereocenters. The second-order valence-electron chi connectivity index (χ2n) is 6.76. The highest BCUT2D eigenvalue weighted by Gasteiger charge is 2.29. The van der Waals surface area contributed by atoms with Crippen LogP contribution in [-0.4, -0.2) is 50.5 Å². The number of rotatable bonds is 10. The second kappa shape index (κ2) is 10.3. The molecule has 0 spiro atoms. The van der Waals surface area contributed by atoms with Gasteiger partial charge in [-0.2, -0.15) is 4.31 Å². The lowest BCUT2D eigenvalue weighted by molar-refractivity contribution is 0.0520. The van der Waals surface area contributed by atoms with Crippen molar-refractivity contribution >= 4 is 27.3 Å². The van der Waals surface area contributed by atoms with Crippen molar-refractivity contribution < 1.29 is 22.7 Å². The fourth-order valence-corrected chi connectivity index (χ4v) is 5.92. The van der Waals surface area contributed by atoms with Crippen molar-refractivity contribution in [3.05, 3.63) is 44.9 Å². The van der Waals surface area contributed by atoms with Crippen molar-refractivity contribution in [2.45, 2.75) is 45.6 Å². The van der Waals surface area contributed by atoms with Crippen LogP contribution in [0, 0.1) is 20.8 Å². The number of hydrogen-bond acceptors (Lipinski definition) is 7. The summed E-state index contributed by atoms with van der Waals surface area (Å²) in [4.78, 5) is 16.5. The fourth-order valence-electron chi connectivity index (χ4n) is 3.21. The van der Waals surface area contributed by atoms with Gasteiger partial charge in [0.1, 0.15) is 5.01 Å². The molecule has 0 saturated carbocycles. The summed E-state index contributed by atoms with van der Waals surface area (Å²) < 4.78 is 38.5. The molecule has 0 amide bonds. The molecule has 0 N–H and O–H groups in total. The number of ether oxygens (including phenoxy) is 2. The molecule has 1 aromatic carbocycles. The maximum Gasteiger partial charge on any atom is 0.357 e. The van der Waals surface area contributed by atoms with Crippen LogP contribution in [0.4, 0.5) is 0 Å². The number of sulfonamides is 1. The number of esters is 1. The zero-order valence-electron chi connectivity index (χ0n) is 17.5. The minimum Gasteiger partial charge on any atom is -0.461 e. The van der Waals surface area contributed by atoms with Crippen LogP contribution in [0.3, 0.4) is 0 Å². The van der Waals surface area contributed by atoms with Gasteiger partial charge in [0.15, 0.2) is 5.69 Å². The van der Waals surface area contributed by atoms with E-state index in [1.807, 2.05) is 32.9 Å². The second-order valence-corrected chi connectivity index (χ2v) is 9.58. The Hall–Kier alpha value is -1.81. The normalized spacial score (nSPS) is 11.8. The highest BCUT2D eigenvalue weighted by molar-refractivity contribution is 7.89. The predicted molar refractivity (Wildman–Crippen MR) is 113 cm³/mol. The average Bonchev–Trinajstić information content (AvgIpc) is 3.09. The third kappa shape index (κ3) is 5.85. The van der Waals surface area contributed by atoms with Gasteiger partial charge in [-0.15, -0.1) is 11.3 Å². The Morgan fingerprint density at radius 1 is 1.21 bits per heavy atom. The Morgan fingerprint density at radius 3 is 2.45 bits per heavy atom. The first kappa shape index (κ1) is 23.5. The third-order valence-corrected chi connectivity index (χ3v) is 7.29. The maximum atomic E-state index is 13.5. The molecule has 0 saturated heterocycles. The predicted octanol–water partition coefficient (Wildman–Crippen LogP) is 3.47. The van der Waals surface area contributed by atoms with Crippen LogP contribution < -0.4 is 0 Å². The number of aromatic nitrogens is 1. The summed E-state index contributed by atoms with van der Waals surface area (Å²) >= 11 is 1.24. The third-order valence-electron chi connectivity index (χ3n) is 4.31. The number of methoxy groups -OCH3 is 1. The lowest BCUT2D eigenvalue weighted by atomic mass is 10.1. The van der Waals surface area contributed by atoms with E-state index >= 15 is 0 Å². The van der Waals surface area contributed by atoms with Crippen LogP contribution in [0.25, 0.3) is 0 Å². The monoisotopic (exact) mass is 440 g/mol. The van der Waals surface area contributed by atoms with Gasteiger partial charge < -0.3 is 9.47 Å². The molecule has 2 rings (SSSR count). The van der Waals surface area contributed by atoms with E-state index in [4.69, 9.17) is 9.47 Å².